The SMILES string of the molecule is CC(C)=CCC(C)[C@H]1C[C@]1(C)CO. The lowest BCUT2D eigenvalue weighted by molar-refractivity contribution is 0.201. The molecule has 1 aliphatic carbocycles. The Kier molecular flexibility index (Phi) is 3.18. The quantitative estimate of drug-likeness (QED) is 0.663. The van der Waals surface area contributed by atoms with E-state index in [2.05, 4.69) is 33.8 Å². The first-order valence-corrected chi connectivity index (χ1v) is 5.24. The molecule has 0 aliphatic heterocycles. The van der Waals surface area contributed by atoms with Gasteiger partial charge in [0, 0.05) is 6.61 Å². The highest BCUT2D eigenvalue weighted by Gasteiger charge is 2.51. The van der Waals surface area contributed by atoms with E-state index in [0.29, 0.717) is 6.61 Å². The molecule has 1 fully saturated rings. The van der Waals surface area contributed by atoms with Crippen LogP contribution in [0.3, 0.4) is 0 Å². The van der Waals surface area contributed by atoms with Crippen LogP contribution in [-0.2, 0) is 0 Å². The van der Waals surface area contributed by atoms with Gasteiger partial charge in [-0.2, -0.15) is 0 Å². The maximum absolute atomic E-state index is 9.15. The Labute approximate surface area is 81.9 Å². The number of aliphatic hydroxyl groups is 1. The topological polar surface area (TPSA) is 20.2 Å². The van der Waals surface area contributed by atoms with E-state index in [0.717, 1.165) is 11.8 Å². The van der Waals surface area contributed by atoms with Crippen LogP contribution in [0.2, 0.25) is 0 Å². The summed E-state index contributed by atoms with van der Waals surface area (Å²) < 4.78 is 0. The second-order valence-electron chi connectivity index (χ2n) is 5.12. The molecule has 0 radical (unpaired) electrons. The first kappa shape index (κ1) is 10.8. The monoisotopic (exact) mass is 182 g/mol. The van der Waals surface area contributed by atoms with E-state index in [1.165, 1.54) is 18.4 Å². The highest BCUT2D eigenvalue weighted by atomic mass is 16.3. The summed E-state index contributed by atoms with van der Waals surface area (Å²) in [7, 11) is 0. The number of allylic oxidation sites excluding steroid dienone is 2. The summed E-state index contributed by atoms with van der Waals surface area (Å²) in [6.07, 6.45) is 4.69. The van der Waals surface area contributed by atoms with Gasteiger partial charge >= 0.3 is 0 Å². The van der Waals surface area contributed by atoms with Crippen LogP contribution in [0.15, 0.2) is 11.6 Å². The molecule has 0 amide bonds. The summed E-state index contributed by atoms with van der Waals surface area (Å²) in [5.74, 6) is 1.47. The minimum Gasteiger partial charge on any atom is -0.396 e. The van der Waals surface area contributed by atoms with Crippen molar-refractivity contribution in [3.63, 3.8) is 0 Å². The average molecular weight is 182 g/mol. The third-order valence-corrected chi connectivity index (χ3v) is 3.37. The maximum Gasteiger partial charge on any atom is 0.0487 e. The van der Waals surface area contributed by atoms with Crippen molar-refractivity contribution in [3.8, 4) is 0 Å². The molecular formula is C12H22O. The van der Waals surface area contributed by atoms with Gasteiger partial charge in [0.1, 0.15) is 0 Å². The van der Waals surface area contributed by atoms with Crippen molar-refractivity contribution in [2.75, 3.05) is 6.61 Å². The third kappa shape index (κ3) is 2.57. The minimum atomic E-state index is 0.245. The van der Waals surface area contributed by atoms with Gasteiger partial charge < -0.3 is 5.11 Å². The molecule has 0 aromatic rings. The third-order valence-electron chi connectivity index (χ3n) is 3.37. The molecule has 1 heteroatoms. The summed E-state index contributed by atoms with van der Waals surface area (Å²) in [5, 5.41) is 9.15. The van der Waals surface area contributed by atoms with Crippen LogP contribution in [0.4, 0.5) is 0 Å². The molecule has 0 spiro atoms. The molecule has 76 valence electrons. The lowest BCUT2D eigenvalue weighted by Gasteiger charge is -2.12. The molecule has 1 N–H and O–H groups in total. The second kappa shape index (κ2) is 3.83. The smallest absolute Gasteiger partial charge is 0.0487 e. The van der Waals surface area contributed by atoms with Crippen LogP contribution in [0.5, 0.6) is 0 Å². The van der Waals surface area contributed by atoms with Gasteiger partial charge in [-0.15, -0.1) is 0 Å². The highest BCUT2D eigenvalue weighted by molar-refractivity contribution is 5.03. The van der Waals surface area contributed by atoms with Gasteiger partial charge in [0.25, 0.3) is 0 Å². The van der Waals surface area contributed by atoms with Crippen molar-refractivity contribution in [2.24, 2.45) is 17.3 Å². The Morgan fingerprint density at radius 1 is 1.62 bits per heavy atom. The number of hydrogen-bond donors (Lipinski definition) is 1. The number of hydrogen-bond acceptors (Lipinski definition) is 1. The molecule has 0 aromatic heterocycles. The normalized spacial score (nSPS) is 34.1. The van der Waals surface area contributed by atoms with Crippen LogP contribution in [0.1, 0.15) is 40.5 Å². The van der Waals surface area contributed by atoms with Gasteiger partial charge in [-0.25, -0.2) is 0 Å². The van der Waals surface area contributed by atoms with Crippen molar-refractivity contribution < 1.29 is 5.11 Å². The fourth-order valence-electron chi connectivity index (χ4n) is 2.10. The van der Waals surface area contributed by atoms with E-state index in [-0.39, 0.29) is 5.41 Å². The summed E-state index contributed by atoms with van der Waals surface area (Å²) in [4.78, 5) is 0. The molecule has 13 heavy (non-hydrogen) atoms. The Morgan fingerprint density at radius 3 is 2.62 bits per heavy atom. The molecule has 1 nitrogen and oxygen atoms in total. The Bertz CT molecular complexity index is 203. The molecule has 1 unspecified atom stereocenters. The van der Waals surface area contributed by atoms with Crippen LogP contribution in [-0.4, -0.2) is 11.7 Å². The van der Waals surface area contributed by atoms with Crippen LogP contribution in [0.25, 0.3) is 0 Å². The predicted octanol–water partition coefficient (Wildman–Crippen LogP) is 3.00. The lowest BCUT2D eigenvalue weighted by atomic mass is 9.94. The zero-order chi connectivity index (χ0) is 10.1. The van der Waals surface area contributed by atoms with Crippen LogP contribution < -0.4 is 0 Å². The molecule has 0 heterocycles. The highest BCUT2D eigenvalue weighted by Crippen LogP contribution is 2.56. The fourth-order valence-corrected chi connectivity index (χ4v) is 2.10. The molecule has 1 aliphatic rings. The number of aliphatic hydroxyl groups excluding tert-OH is 1. The molecule has 0 aromatic carbocycles. The van der Waals surface area contributed by atoms with E-state index >= 15 is 0 Å². The van der Waals surface area contributed by atoms with E-state index in [4.69, 9.17) is 5.11 Å². The molecule has 0 bridgehead atoms. The van der Waals surface area contributed by atoms with Crippen molar-refractivity contribution in [1.82, 2.24) is 0 Å². The first-order chi connectivity index (χ1) is 5.99. The van der Waals surface area contributed by atoms with E-state index in [1.54, 1.807) is 0 Å². The van der Waals surface area contributed by atoms with Gasteiger partial charge in [-0.1, -0.05) is 25.5 Å². The zero-order valence-corrected chi connectivity index (χ0v) is 9.30. The van der Waals surface area contributed by atoms with Gasteiger partial charge in [0.15, 0.2) is 0 Å². The Balaban J connectivity index is 2.35. The zero-order valence-electron chi connectivity index (χ0n) is 9.30. The number of rotatable bonds is 4. The second-order valence-corrected chi connectivity index (χ2v) is 5.12. The largest absolute Gasteiger partial charge is 0.396 e. The Morgan fingerprint density at radius 2 is 2.23 bits per heavy atom. The van der Waals surface area contributed by atoms with E-state index in [9.17, 15) is 0 Å². The maximum atomic E-state index is 9.15. The lowest BCUT2D eigenvalue weighted by Crippen LogP contribution is -2.09. The summed E-state index contributed by atoms with van der Waals surface area (Å²) in [6, 6.07) is 0. The van der Waals surface area contributed by atoms with Gasteiger partial charge in [0.05, 0.1) is 0 Å². The standard InChI is InChI=1S/C12H22O/c1-9(2)5-6-10(3)11-7-12(11,4)8-13/h5,10-11,13H,6-8H2,1-4H3/t10?,11-,12-/m1/s1. The molecule has 3 atom stereocenters. The summed E-state index contributed by atoms with van der Waals surface area (Å²) in [6.45, 7) is 9.13. The fraction of sp³-hybridized carbons (Fsp3) is 0.833. The van der Waals surface area contributed by atoms with Crippen molar-refractivity contribution >= 4 is 0 Å². The van der Waals surface area contributed by atoms with E-state index < -0.39 is 0 Å². The van der Waals surface area contributed by atoms with Crippen molar-refractivity contribution in [2.45, 2.75) is 40.5 Å². The molecule has 0 saturated heterocycles. The first-order valence-electron chi connectivity index (χ1n) is 5.24. The molecular weight excluding hydrogens is 160 g/mol. The minimum absolute atomic E-state index is 0.245. The summed E-state index contributed by atoms with van der Waals surface area (Å²) >= 11 is 0. The van der Waals surface area contributed by atoms with Crippen LogP contribution in [0, 0.1) is 17.3 Å². The van der Waals surface area contributed by atoms with Gasteiger partial charge in [-0.3, -0.25) is 0 Å². The average Bonchev–Trinajstić information content (AvgIpc) is 2.75. The molecule has 1 saturated carbocycles. The van der Waals surface area contributed by atoms with Gasteiger partial charge in [0.2, 0.25) is 0 Å². The predicted molar refractivity (Wildman–Crippen MR) is 56.5 cm³/mol. The molecule has 1 rings (SSSR count). The van der Waals surface area contributed by atoms with Gasteiger partial charge in [-0.05, 0) is 43.9 Å². The van der Waals surface area contributed by atoms with Crippen LogP contribution >= 0.6 is 0 Å². The van der Waals surface area contributed by atoms with E-state index in [1.807, 2.05) is 0 Å². The van der Waals surface area contributed by atoms with Crippen molar-refractivity contribution in [1.29, 1.82) is 0 Å². The Hall–Kier alpha value is -0.300. The van der Waals surface area contributed by atoms with Crippen molar-refractivity contribution in [3.05, 3.63) is 11.6 Å². The summed E-state index contributed by atoms with van der Waals surface area (Å²) in [5.41, 5.74) is 1.65.